The van der Waals surface area contributed by atoms with Crippen LogP contribution in [0.3, 0.4) is 0 Å². The molecule has 130 valence electrons. The maximum Gasteiger partial charge on any atom is 0.423 e. The molecule has 1 aromatic heterocycles. The molecule has 0 atom stereocenters. The highest BCUT2D eigenvalue weighted by atomic mass is 19.4. The van der Waals surface area contributed by atoms with Crippen LogP contribution in [0.25, 0.3) is 0 Å². The average molecular weight is 339 g/mol. The number of nitrogens with zero attached hydrogens (tertiary/aromatic N) is 2. The Hall–Kier alpha value is -2.31. The lowest BCUT2D eigenvalue weighted by Crippen LogP contribution is -2.15. The second-order valence-corrected chi connectivity index (χ2v) is 5.98. The summed E-state index contributed by atoms with van der Waals surface area (Å²) < 4.78 is 44.2. The first-order valence-electron chi connectivity index (χ1n) is 7.64. The molecular formula is C17H20F3N3O. The van der Waals surface area contributed by atoms with E-state index in [4.69, 9.17) is 4.74 Å². The minimum absolute atomic E-state index is 0.0518. The minimum Gasteiger partial charge on any atom is -0.474 e. The standard InChI is InChI=1S/C17H20F3N3O/c1-10(2)12-5-7-13(8-6-12)22-16-21-9-14(17(18,19)20)15(23-16)24-11(3)4/h5-11H,1-4H3,(H,21,22,23). The largest absolute Gasteiger partial charge is 0.474 e. The molecule has 1 aromatic carbocycles. The molecule has 0 fully saturated rings. The summed E-state index contributed by atoms with van der Waals surface area (Å²) in [7, 11) is 0. The number of nitrogens with one attached hydrogen (secondary N) is 1. The molecule has 2 rings (SSSR count). The normalized spacial score (nSPS) is 11.9. The van der Waals surface area contributed by atoms with E-state index in [1.54, 1.807) is 13.8 Å². The average Bonchev–Trinajstić information content (AvgIpc) is 2.46. The van der Waals surface area contributed by atoms with Crippen molar-refractivity contribution >= 4 is 11.6 Å². The summed E-state index contributed by atoms with van der Waals surface area (Å²) in [6.07, 6.45) is -4.27. The summed E-state index contributed by atoms with van der Waals surface area (Å²) in [5, 5.41) is 2.89. The van der Waals surface area contributed by atoms with Crippen LogP contribution in [-0.2, 0) is 6.18 Å². The molecule has 24 heavy (non-hydrogen) atoms. The second-order valence-electron chi connectivity index (χ2n) is 5.98. The molecule has 4 nitrogen and oxygen atoms in total. The highest BCUT2D eigenvalue weighted by Crippen LogP contribution is 2.35. The Balaban J connectivity index is 2.27. The molecule has 7 heteroatoms. The monoisotopic (exact) mass is 339 g/mol. The van der Waals surface area contributed by atoms with Crippen molar-refractivity contribution in [3.05, 3.63) is 41.6 Å². The maximum atomic E-state index is 13.0. The van der Waals surface area contributed by atoms with Gasteiger partial charge in [0.1, 0.15) is 5.56 Å². The lowest BCUT2D eigenvalue weighted by molar-refractivity contribution is -0.139. The first-order valence-corrected chi connectivity index (χ1v) is 7.64. The van der Waals surface area contributed by atoms with Crippen molar-refractivity contribution in [2.75, 3.05) is 5.32 Å². The molecule has 0 saturated carbocycles. The van der Waals surface area contributed by atoms with E-state index in [1.807, 2.05) is 24.3 Å². The van der Waals surface area contributed by atoms with Gasteiger partial charge in [-0.3, -0.25) is 0 Å². The lowest BCUT2D eigenvalue weighted by Gasteiger charge is -2.16. The number of hydrogen-bond acceptors (Lipinski definition) is 4. The first kappa shape index (κ1) is 18.0. The van der Waals surface area contributed by atoms with E-state index in [0.29, 0.717) is 11.6 Å². The Labute approximate surface area is 139 Å². The fourth-order valence-corrected chi connectivity index (χ4v) is 2.01. The molecule has 0 unspecified atom stereocenters. The molecule has 0 saturated heterocycles. The third kappa shape index (κ3) is 4.59. The van der Waals surface area contributed by atoms with E-state index >= 15 is 0 Å². The molecular weight excluding hydrogens is 319 g/mol. The van der Waals surface area contributed by atoms with Gasteiger partial charge in [0.2, 0.25) is 11.8 Å². The van der Waals surface area contributed by atoms with Crippen LogP contribution in [0.4, 0.5) is 24.8 Å². The van der Waals surface area contributed by atoms with E-state index in [2.05, 4.69) is 29.1 Å². The van der Waals surface area contributed by atoms with Crippen molar-refractivity contribution in [1.29, 1.82) is 0 Å². The van der Waals surface area contributed by atoms with Gasteiger partial charge in [-0.25, -0.2) is 4.98 Å². The van der Waals surface area contributed by atoms with Gasteiger partial charge in [0.05, 0.1) is 6.10 Å². The van der Waals surface area contributed by atoms with Gasteiger partial charge < -0.3 is 10.1 Å². The summed E-state index contributed by atoms with van der Waals surface area (Å²) >= 11 is 0. The minimum atomic E-state index is -4.57. The van der Waals surface area contributed by atoms with Crippen LogP contribution in [0, 0.1) is 0 Å². The zero-order valence-corrected chi connectivity index (χ0v) is 14.0. The highest BCUT2D eigenvalue weighted by Gasteiger charge is 2.36. The smallest absolute Gasteiger partial charge is 0.423 e. The van der Waals surface area contributed by atoms with Crippen molar-refractivity contribution < 1.29 is 17.9 Å². The molecule has 0 spiro atoms. The summed E-state index contributed by atoms with van der Waals surface area (Å²) in [6, 6.07) is 7.56. The van der Waals surface area contributed by atoms with Gasteiger partial charge >= 0.3 is 6.18 Å². The predicted molar refractivity (Wildman–Crippen MR) is 86.6 cm³/mol. The number of benzene rings is 1. The Morgan fingerprint density at radius 3 is 2.17 bits per heavy atom. The van der Waals surface area contributed by atoms with Crippen LogP contribution in [0.1, 0.15) is 44.7 Å². The molecule has 0 radical (unpaired) electrons. The fourth-order valence-electron chi connectivity index (χ4n) is 2.01. The number of aromatic nitrogens is 2. The van der Waals surface area contributed by atoms with Gasteiger partial charge in [-0.2, -0.15) is 18.2 Å². The fraction of sp³-hybridized carbons (Fsp3) is 0.412. The SMILES string of the molecule is CC(C)Oc1nc(Nc2ccc(C(C)C)cc2)ncc1C(F)(F)F. The van der Waals surface area contributed by atoms with Crippen molar-refractivity contribution in [2.24, 2.45) is 0 Å². The van der Waals surface area contributed by atoms with Gasteiger partial charge in [-0.15, -0.1) is 0 Å². The van der Waals surface area contributed by atoms with E-state index < -0.39 is 23.7 Å². The van der Waals surface area contributed by atoms with Gasteiger partial charge in [0.15, 0.2) is 0 Å². The maximum absolute atomic E-state index is 13.0. The highest BCUT2D eigenvalue weighted by molar-refractivity contribution is 5.54. The Bertz CT molecular complexity index is 682. The summed E-state index contributed by atoms with van der Waals surface area (Å²) in [5.41, 5.74) is 0.865. The van der Waals surface area contributed by atoms with Crippen molar-refractivity contribution in [3.63, 3.8) is 0 Å². The predicted octanol–water partition coefficient (Wildman–Crippen LogP) is 5.15. The van der Waals surface area contributed by atoms with E-state index in [-0.39, 0.29) is 5.95 Å². The van der Waals surface area contributed by atoms with Crippen molar-refractivity contribution in [3.8, 4) is 5.88 Å². The van der Waals surface area contributed by atoms with Crippen LogP contribution >= 0.6 is 0 Å². The summed E-state index contributed by atoms with van der Waals surface area (Å²) in [4.78, 5) is 7.61. The molecule has 2 aromatic rings. The molecule has 0 aliphatic carbocycles. The topological polar surface area (TPSA) is 47.0 Å². The van der Waals surface area contributed by atoms with E-state index in [9.17, 15) is 13.2 Å². The molecule has 0 aliphatic heterocycles. The quantitative estimate of drug-likeness (QED) is 0.818. The van der Waals surface area contributed by atoms with Crippen LogP contribution in [0.5, 0.6) is 5.88 Å². The third-order valence-electron chi connectivity index (χ3n) is 3.24. The van der Waals surface area contributed by atoms with Crippen LogP contribution < -0.4 is 10.1 Å². The molecule has 0 amide bonds. The van der Waals surface area contributed by atoms with Crippen molar-refractivity contribution in [2.45, 2.75) is 45.9 Å². The first-order chi connectivity index (χ1) is 11.2. The van der Waals surface area contributed by atoms with Crippen LogP contribution in [0.15, 0.2) is 30.5 Å². The molecule has 1 N–H and O–H groups in total. The third-order valence-corrected chi connectivity index (χ3v) is 3.24. The number of ether oxygens (including phenoxy) is 1. The lowest BCUT2D eigenvalue weighted by atomic mass is 10.0. The number of rotatable bonds is 5. The zero-order valence-electron chi connectivity index (χ0n) is 14.0. The molecule has 0 bridgehead atoms. The van der Waals surface area contributed by atoms with E-state index in [0.717, 1.165) is 11.8 Å². The second kappa shape index (κ2) is 7.07. The Kier molecular flexibility index (Phi) is 5.31. The van der Waals surface area contributed by atoms with Crippen LogP contribution in [-0.4, -0.2) is 16.1 Å². The number of alkyl halides is 3. The van der Waals surface area contributed by atoms with Gasteiger partial charge in [0, 0.05) is 11.9 Å². The molecule has 0 aliphatic rings. The number of halogens is 3. The Morgan fingerprint density at radius 1 is 1.04 bits per heavy atom. The van der Waals surface area contributed by atoms with E-state index in [1.165, 1.54) is 0 Å². The van der Waals surface area contributed by atoms with Crippen molar-refractivity contribution in [1.82, 2.24) is 9.97 Å². The summed E-state index contributed by atoms with van der Waals surface area (Å²) in [6.45, 7) is 7.44. The summed E-state index contributed by atoms with van der Waals surface area (Å²) in [5.74, 6) is -0.0304. The van der Waals surface area contributed by atoms with Gasteiger partial charge in [0.25, 0.3) is 0 Å². The Morgan fingerprint density at radius 2 is 1.67 bits per heavy atom. The van der Waals surface area contributed by atoms with Gasteiger partial charge in [-0.05, 0) is 37.5 Å². The molecule has 1 heterocycles. The van der Waals surface area contributed by atoms with Crippen LogP contribution in [0.2, 0.25) is 0 Å². The zero-order chi connectivity index (χ0) is 17.9. The van der Waals surface area contributed by atoms with Gasteiger partial charge in [-0.1, -0.05) is 26.0 Å². The number of anilines is 2. The number of hydrogen-bond donors (Lipinski definition) is 1.